The van der Waals surface area contributed by atoms with E-state index in [0.717, 1.165) is 15.8 Å². The summed E-state index contributed by atoms with van der Waals surface area (Å²) in [6.07, 6.45) is 3.58. The molecule has 0 aliphatic heterocycles. The maximum atomic E-state index is 4.17. The van der Waals surface area contributed by atoms with E-state index in [1.54, 1.807) is 6.20 Å². The molecule has 20 heavy (non-hydrogen) atoms. The number of aromatic nitrogens is 1. The van der Waals surface area contributed by atoms with Gasteiger partial charge in [0.25, 0.3) is 0 Å². The predicted molar refractivity (Wildman–Crippen MR) is 87.1 cm³/mol. The van der Waals surface area contributed by atoms with Crippen molar-refractivity contribution in [3.8, 4) is 11.1 Å². The molecule has 0 fully saturated rings. The molecule has 0 aliphatic carbocycles. The van der Waals surface area contributed by atoms with Crippen LogP contribution in [-0.2, 0) is 0 Å². The summed E-state index contributed by atoms with van der Waals surface area (Å²) in [5, 5.41) is 3.42. The molecule has 3 aromatic rings. The van der Waals surface area contributed by atoms with Gasteiger partial charge in [-0.05, 0) is 33.6 Å². The van der Waals surface area contributed by atoms with Gasteiger partial charge in [0.15, 0.2) is 0 Å². The van der Waals surface area contributed by atoms with E-state index in [9.17, 15) is 0 Å². The highest BCUT2D eigenvalue weighted by molar-refractivity contribution is 9.10. The fourth-order valence-corrected chi connectivity index (χ4v) is 2.46. The van der Waals surface area contributed by atoms with E-state index in [0.29, 0.717) is 0 Å². The van der Waals surface area contributed by atoms with Crippen LogP contribution in [0.15, 0.2) is 77.5 Å². The van der Waals surface area contributed by atoms with Crippen LogP contribution in [0.2, 0.25) is 0 Å². The summed E-state index contributed by atoms with van der Waals surface area (Å²) in [5.41, 5.74) is 4.40. The Morgan fingerprint density at radius 1 is 0.850 bits per heavy atom. The first kappa shape index (κ1) is 12.9. The number of anilines is 2. The lowest BCUT2D eigenvalue weighted by molar-refractivity contribution is 1.30. The Morgan fingerprint density at radius 2 is 1.60 bits per heavy atom. The second-order valence-corrected chi connectivity index (χ2v) is 5.34. The third-order valence-electron chi connectivity index (χ3n) is 3.00. The van der Waals surface area contributed by atoms with Crippen molar-refractivity contribution in [2.45, 2.75) is 0 Å². The van der Waals surface area contributed by atoms with Gasteiger partial charge in [-0.1, -0.05) is 48.5 Å². The van der Waals surface area contributed by atoms with E-state index in [1.807, 2.05) is 42.6 Å². The van der Waals surface area contributed by atoms with Gasteiger partial charge in [-0.15, -0.1) is 0 Å². The Labute approximate surface area is 126 Å². The summed E-state index contributed by atoms with van der Waals surface area (Å²) in [4.78, 5) is 4.17. The van der Waals surface area contributed by atoms with Crippen LogP contribution in [0.25, 0.3) is 11.1 Å². The van der Waals surface area contributed by atoms with E-state index < -0.39 is 0 Å². The highest BCUT2D eigenvalue weighted by Crippen LogP contribution is 2.30. The van der Waals surface area contributed by atoms with Crippen LogP contribution in [0.5, 0.6) is 0 Å². The van der Waals surface area contributed by atoms with Crippen LogP contribution >= 0.6 is 15.9 Å². The molecule has 3 heteroatoms. The number of rotatable bonds is 3. The average Bonchev–Trinajstić information content (AvgIpc) is 2.49. The fourth-order valence-electron chi connectivity index (χ4n) is 2.10. The maximum Gasteiger partial charge on any atom is 0.0582 e. The van der Waals surface area contributed by atoms with Gasteiger partial charge in [0, 0.05) is 21.9 Å². The van der Waals surface area contributed by atoms with Gasteiger partial charge in [0.1, 0.15) is 0 Å². The van der Waals surface area contributed by atoms with E-state index >= 15 is 0 Å². The Balaban J connectivity index is 1.99. The minimum atomic E-state index is 0.958. The number of para-hydroxylation sites is 1. The van der Waals surface area contributed by atoms with E-state index in [2.05, 4.69) is 50.5 Å². The largest absolute Gasteiger partial charge is 0.354 e. The summed E-state index contributed by atoms with van der Waals surface area (Å²) in [6, 6.07) is 20.6. The van der Waals surface area contributed by atoms with Crippen LogP contribution in [0.4, 0.5) is 11.4 Å². The van der Waals surface area contributed by atoms with Gasteiger partial charge in [0.05, 0.1) is 11.9 Å². The van der Waals surface area contributed by atoms with Gasteiger partial charge in [0.2, 0.25) is 0 Å². The van der Waals surface area contributed by atoms with Crippen LogP contribution in [0, 0.1) is 0 Å². The Bertz CT molecular complexity index is 711. The molecule has 0 bridgehead atoms. The molecule has 1 N–H and O–H groups in total. The van der Waals surface area contributed by atoms with Crippen LogP contribution in [0.1, 0.15) is 0 Å². The molecule has 2 nitrogen and oxygen atoms in total. The van der Waals surface area contributed by atoms with Crippen LogP contribution in [-0.4, -0.2) is 4.98 Å². The number of benzene rings is 2. The van der Waals surface area contributed by atoms with Crippen molar-refractivity contribution in [1.82, 2.24) is 4.98 Å². The lowest BCUT2D eigenvalue weighted by Crippen LogP contribution is -1.93. The lowest BCUT2D eigenvalue weighted by atomic mass is 10.0. The monoisotopic (exact) mass is 324 g/mol. The molecular weight excluding hydrogens is 312 g/mol. The first-order chi connectivity index (χ1) is 9.83. The predicted octanol–water partition coefficient (Wildman–Crippen LogP) is 5.25. The number of hydrogen-bond donors (Lipinski definition) is 1. The zero-order valence-electron chi connectivity index (χ0n) is 10.8. The smallest absolute Gasteiger partial charge is 0.0582 e. The number of nitrogens with zero attached hydrogens (tertiary/aromatic N) is 1. The SMILES string of the molecule is Brc1cncc(Nc2ccccc2-c2ccccc2)c1. The van der Waals surface area contributed by atoms with Crippen LogP contribution in [0.3, 0.4) is 0 Å². The highest BCUT2D eigenvalue weighted by Gasteiger charge is 2.04. The van der Waals surface area contributed by atoms with Crippen molar-refractivity contribution in [2.75, 3.05) is 5.32 Å². The van der Waals surface area contributed by atoms with Crippen molar-refractivity contribution in [2.24, 2.45) is 0 Å². The second-order valence-electron chi connectivity index (χ2n) is 4.43. The Morgan fingerprint density at radius 3 is 2.40 bits per heavy atom. The first-order valence-corrected chi connectivity index (χ1v) is 7.14. The maximum absolute atomic E-state index is 4.17. The number of halogens is 1. The zero-order valence-corrected chi connectivity index (χ0v) is 12.3. The van der Waals surface area contributed by atoms with Crippen LogP contribution < -0.4 is 5.32 Å². The second kappa shape index (κ2) is 5.88. The summed E-state index contributed by atoms with van der Waals surface area (Å²) in [5.74, 6) is 0. The number of nitrogens with one attached hydrogen (secondary N) is 1. The zero-order chi connectivity index (χ0) is 13.8. The van der Waals surface area contributed by atoms with E-state index in [-0.39, 0.29) is 0 Å². The van der Waals surface area contributed by atoms with E-state index in [1.165, 1.54) is 11.1 Å². The Hall–Kier alpha value is -2.13. The average molecular weight is 325 g/mol. The minimum Gasteiger partial charge on any atom is -0.354 e. The molecule has 2 aromatic carbocycles. The molecule has 0 saturated carbocycles. The van der Waals surface area contributed by atoms with Crippen molar-refractivity contribution >= 4 is 27.3 Å². The molecule has 0 saturated heterocycles. The molecule has 0 spiro atoms. The molecule has 0 amide bonds. The third-order valence-corrected chi connectivity index (χ3v) is 3.43. The molecule has 1 aromatic heterocycles. The normalized spacial score (nSPS) is 10.2. The van der Waals surface area contributed by atoms with Crippen molar-refractivity contribution in [3.05, 3.63) is 77.5 Å². The highest BCUT2D eigenvalue weighted by atomic mass is 79.9. The van der Waals surface area contributed by atoms with Crippen molar-refractivity contribution < 1.29 is 0 Å². The lowest BCUT2D eigenvalue weighted by Gasteiger charge is -2.12. The van der Waals surface area contributed by atoms with Gasteiger partial charge in [-0.25, -0.2) is 0 Å². The number of pyridine rings is 1. The van der Waals surface area contributed by atoms with Gasteiger partial charge in [-0.3, -0.25) is 4.98 Å². The third kappa shape index (κ3) is 2.89. The van der Waals surface area contributed by atoms with E-state index in [4.69, 9.17) is 0 Å². The molecule has 3 rings (SSSR count). The Kier molecular flexibility index (Phi) is 3.79. The summed E-state index contributed by atoms with van der Waals surface area (Å²) < 4.78 is 0.958. The molecular formula is C17H13BrN2. The van der Waals surface area contributed by atoms with Gasteiger partial charge in [-0.2, -0.15) is 0 Å². The molecule has 0 aliphatic rings. The molecule has 0 atom stereocenters. The molecule has 0 radical (unpaired) electrons. The summed E-state index contributed by atoms with van der Waals surface area (Å²) >= 11 is 3.44. The standard InChI is InChI=1S/C17H13BrN2/c18-14-10-15(12-19-11-14)20-17-9-5-4-8-16(17)13-6-2-1-3-7-13/h1-12,20H. The first-order valence-electron chi connectivity index (χ1n) is 6.35. The fraction of sp³-hybridized carbons (Fsp3) is 0. The van der Waals surface area contributed by atoms with Gasteiger partial charge < -0.3 is 5.32 Å². The quantitative estimate of drug-likeness (QED) is 0.711. The van der Waals surface area contributed by atoms with Gasteiger partial charge >= 0.3 is 0 Å². The molecule has 1 heterocycles. The number of hydrogen-bond acceptors (Lipinski definition) is 2. The molecule has 0 unspecified atom stereocenters. The molecule has 98 valence electrons. The van der Waals surface area contributed by atoms with Crippen molar-refractivity contribution in [1.29, 1.82) is 0 Å². The van der Waals surface area contributed by atoms with Crippen molar-refractivity contribution in [3.63, 3.8) is 0 Å². The summed E-state index contributed by atoms with van der Waals surface area (Å²) in [6.45, 7) is 0. The minimum absolute atomic E-state index is 0.958. The summed E-state index contributed by atoms with van der Waals surface area (Å²) in [7, 11) is 0. The topological polar surface area (TPSA) is 24.9 Å².